The summed E-state index contributed by atoms with van der Waals surface area (Å²) < 4.78 is 4.51. The van der Waals surface area contributed by atoms with Crippen molar-refractivity contribution in [3.05, 3.63) is 104 Å². The van der Waals surface area contributed by atoms with E-state index < -0.39 is 0 Å². The van der Waals surface area contributed by atoms with Crippen molar-refractivity contribution in [2.24, 2.45) is 0 Å². The maximum atomic E-state index is 5.21. The molecule has 0 atom stereocenters. The Morgan fingerprint density at radius 3 is 2.06 bits per heavy atom. The molecule has 0 aliphatic carbocycles. The van der Waals surface area contributed by atoms with E-state index in [1.807, 2.05) is 42.9 Å². The van der Waals surface area contributed by atoms with Gasteiger partial charge in [0.25, 0.3) is 0 Å². The average Bonchev–Trinajstić information content (AvgIpc) is 3.36. The molecule has 0 N–H and O–H groups in total. The molecule has 5 nitrogen and oxygen atoms in total. The molecule has 0 radical (unpaired) electrons. The van der Waals surface area contributed by atoms with E-state index in [4.69, 9.17) is 9.97 Å². The van der Waals surface area contributed by atoms with Crippen LogP contribution in [0.2, 0.25) is 0 Å². The van der Waals surface area contributed by atoms with Gasteiger partial charge in [-0.05, 0) is 48.5 Å². The highest BCUT2D eigenvalue weighted by molar-refractivity contribution is 6.14. The lowest BCUT2D eigenvalue weighted by molar-refractivity contribution is 1.15. The number of aromatic nitrogens is 5. The molecule has 0 fully saturated rings. The zero-order valence-corrected chi connectivity index (χ0v) is 17.1. The van der Waals surface area contributed by atoms with E-state index in [1.165, 1.54) is 0 Å². The fraction of sp³-hybridized carbons (Fsp3) is 0. The molecule has 150 valence electrons. The second-order valence-corrected chi connectivity index (χ2v) is 7.82. The SMILES string of the molecule is c1ccc(-n2c3cccnc3c3nc4c5ccccc5n(-c5ccncc5)c4cc32)cc1. The van der Waals surface area contributed by atoms with Crippen LogP contribution in [-0.2, 0) is 0 Å². The van der Waals surface area contributed by atoms with E-state index in [-0.39, 0.29) is 0 Å². The molecule has 5 aromatic heterocycles. The number of nitrogens with zero attached hydrogens (tertiary/aromatic N) is 5. The van der Waals surface area contributed by atoms with E-state index in [1.54, 1.807) is 0 Å². The van der Waals surface area contributed by atoms with Crippen LogP contribution in [0.4, 0.5) is 0 Å². The number of benzene rings is 2. The van der Waals surface area contributed by atoms with Crippen molar-refractivity contribution in [1.29, 1.82) is 0 Å². The summed E-state index contributed by atoms with van der Waals surface area (Å²) in [5.74, 6) is 0. The topological polar surface area (TPSA) is 48.5 Å². The summed E-state index contributed by atoms with van der Waals surface area (Å²) >= 11 is 0. The lowest BCUT2D eigenvalue weighted by Crippen LogP contribution is -1.96. The fourth-order valence-electron chi connectivity index (χ4n) is 4.72. The van der Waals surface area contributed by atoms with Gasteiger partial charge in [0.05, 0.1) is 27.6 Å². The Morgan fingerprint density at radius 1 is 0.500 bits per heavy atom. The second-order valence-electron chi connectivity index (χ2n) is 7.82. The van der Waals surface area contributed by atoms with Gasteiger partial charge >= 0.3 is 0 Å². The minimum Gasteiger partial charge on any atom is -0.307 e. The van der Waals surface area contributed by atoms with Gasteiger partial charge in [-0.2, -0.15) is 0 Å². The molecule has 0 saturated carbocycles. The normalized spacial score (nSPS) is 11.8. The summed E-state index contributed by atoms with van der Waals surface area (Å²) in [6.45, 7) is 0. The van der Waals surface area contributed by atoms with Gasteiger partial charge in [0.1, 0.15) is 11.0 Å². The predicted octanol–water partition coefficient (Wildman–Crippen LogP) is 6.07. The van der Waals surface area contributed by atoms with Crippen LogP contribution in [0, 0.1) is 0 Å². The molecule has 5 heteroatoms. The average molecular weight is 411 g/mol. The van der Waals surface area contributed by atoms with Crippen molar-refractivity contribution in [3.63, 3.8) is 0 Å². The highest BCUT2D eigenvalue weighted by Crippen LogP contribution is 2.36. The molecule has 32 heavy (non-hydrogen) atoms. The first-order valence-corrected chi connectivity index (χ1v) is 10.6. The highest BCUT2D eigenvalue weighted by Gasteiger charge is 2.19. The summed E-state index contributed by atoms with van der Waals surface area (Å²) in [4.78, 5) is 14.1. The van der Waals surface area contributed by atoms with Crippen LogP contribution in [0.3, 0.4) is 0 Å². The van der Waals surface area contributed by atoms with Crippen LogP contribution < -0.4 is 0 Å². The van der Waals surface area contributed by atoms with Gasteiger partial charge in [0, 0.05) is 35.4 Å². The lowest BCUT2D eigenvalue weighted by atomic mass is 10.2. The van der Waals surface area contributed by atoms with E-state index in [0.717, 1.165) is 55.4 Å². The van der Waals surface area contributed by atoms with Crippen LogP contribution in [0.5, 0.6) is 0 Å². The lowest BCUT2D eigenvalue weighted by Gasteiger charge is -2.09. The van der Waals surface area contributed by atoms with Crippen LogP contribution in [0.15, 0.2) is 104 Å². The molecule has 7 rings (SSSR count). The molecule has 5 heterocycles. The van der Waals surface area contributed by atoms with Gasteiger partial charge in [0.2, 0.25) is 0 Å². The van der Waals surface area contributed by atoms with Crippen molar-refractivity contribution in [3.8, 4) is 11.4 Å². The van der Waals surface area contributed by atoms with Gasteiger partial charge < -0.3 is 9.13 Å². The van der Waals surface area contributed by atoms with Crippen molar-refractivity contribution in [2.75, 3.05) is 0 Å². The molecule has 0 aliphatic heterocycles. The first kappa shape index (κ1) is 17.2. The Hall–Kier alpha value is -4.51. The molecular weight excluding hydrogens is 394 g/mol. The van der Waals surface area contributed by atoms with Crippen molar-refractivity contribution in [1.82, 2.24) is 24.1 Å². The molecule has 0 saturated heterocycles. The van der Waals surface area contributed by atoms with Crippen LogP contribution in [0.1, 0.15) is 0 Å². The third-order valence-corrected chi connectivity index (χ3v) is 6.05. The highest BCUT2D eigenvalue weighted by atomic mass is 15.0. The van der Waals surface area contributed by atoms with Crippen LogP contribution in [-0.4, -0.2) is 24.1 Å². The molecule has 0 amide bonds. The number of pyridine rings is 3. The molecule has 7 aromatic rings. The van der Waals surface area contributed by atoms with E-state index >= 15 is 0 Å². The summed E-state index contributed by atoms with van der Waals surface area (Å²) in [5, 5.41) is 1.12. The summed E-state index contributed by atoms with van der Waals surface area (Å²) in [6.07, 6.45) is 5.49. The Morgan fingerprint density at radius 2 is 1.19 bits per heavy atom. The van der Waals surface area contributed by atoms with Gasteiger partial charge in [-0.3, -0.25) is 9.97 Å². The van der Waals surface area contributed by atoms with Crippen molar-refractivity contribution < 1.29 is 0 Å². The maximum absolute atomic E-state index is 5.21. The standard InChI is InChI=1S/C27H17N5/c1-2-7-18(8-3-1)32-22-11-6-14-29-26(22)27-24(32)17-23-25(30-27)20-9-4-5-10-21(20)31(23)19-12-15-28-16-13-19/h1-17H. The Labute approximate surface area is 183 Å². The van der Waals surface area contributed by atoms with Crippen LogP contribution >= 0.6 is 0 Å². The third kappa shape index (κ3) is 2.30. The summed E-state index contributed by atoms with van der Waals surface area (Å²) in [5.41, 5.74) is 9.22. The first-order valence-electron chi connectivity index (χ1n) is 10.6. The van der Waals surface area contributed by atoms with Gasteiger partial charge in [-0.25, -0.2) is 4.98 Å². The molecule has 0 unspecified atom stereocenters. The Bertz CT molecular complexity index is 1630. The second kappa shape index (κ2) is 6.49. The minimum atomic E-state index is 0.911. The number of para-hydroxylation sites is 2. The van der Waals surface area contributed by atoms with Crippen LogP contribution in [0.25, 0.3) is 55.4 Å². The number of rotatable bonds is 2. The van der Waals surface area contributed by atoms with E-state index in [0.29, 0.717) is 0 Å². The number of hydrogen-bond donors (Lipinski definition) is 0. The Balaban J connectivity index is 1.71. The van der Waals surface area contributed by atoms with Gasteiger partial charge in [-0.15, -0.1) is 0 Å². The predicted molar refractivity (Wildman–Crippen MR) is 129 cm³/mol. The zero-order valence-electron chi connectivity index (χ0n) is 17.1. The summed E-state index contributed by atoms with van der Waals surface area (Å²) in [6, 6.07) is 29.2. The monoisotopic (exact) mass is 411 g/mol. The maximum Gasteiger partial charge on any atom is 0.116 e. The molecular formula is C27H17N5. The molecule has 0 bridgehead atoms. The van der Waals surface area contributed by atoms with E-state index in [9.17, 15) is 0 Å². The minimum absolute atomic E-state index is 0.911. The third-order valence-electron chi connectivity index (χ3n) is 6.05. The largest absolute Gasteiger partial charge is 0.307 e. The Kier molecular flexibility index (Phi) is 3.49. The fourth-order valence-corrected chi connectivity index (χ4v) is 4.72. The smallest absolute Gasteiger partial charge is 0.116 e. The van der Waals surface area contributed by atoms with Gasteiger partial charge in [-0.1, -0.05) is 36.4 Å². The van der Waals surface area contributed by atoms with Crippen molar-refractivity contribution >= 4 is 44.0 Å². The number of fused-ring (bicyclic) bond motifs is 6. The zero-order chi connectivity index (χ0) is 21.1. The summed E-state index contributed by atoms with van der Waals surface area (Å²) in [7, 11) is 0. The first-order chi connectivity index (χ1) is 15.9. The van der Waals surface area contributed by atoms with E-state index in [2.05, 4.69) is 74.8 Å². The molecule has 0 spiro atoms. The van der Waals surface area contributed by atoms with Crippen molar-refractivity contribution in [2.45, 2.75) is 0 Å². The molecule has 0 aliphatic rings. The molecule has 2 aromatic carbocycles. The quantitative estimate of drug-likeness (QED) is 0.347. The van der Waals surface area contributed by atoms with Gasteiger partial charge in [0.15, 0.2) is 0 Å². The number of hydrogen-bond acceptors (Lipinski definition) is 3.